The summed E-state index contributed by atoms with van der Waals surface area (Å²) in [4.78, 5) is 10.3. The van der Waals surface area contributed by atoms with Gasteiger partial charge in [-0.1, -0.05) is 25.8 Å². The summed E-state index contributed by atoms with van der Waals surface area (Å²) >= 11 is 0. The van der Waals surface area contributed by atoms with Crippen LogP contribution in [0.1, 0.15) is 32.6 Å². The molecule has 1 aromatic rings. The van der Waals surface area contributed by atoms with Gasteiger partial charge in [0.15, 0.2) is 0 Å². The van der Waals surface area contributed by atoms with E-state index in [4.69, 9.17) is 0 Å². The molecule has 0 heterocycles. The van der Waals surface area contributed by atoms with Crippen LogP contribution in [-0.2, 0) is 0 Å². The number of nitrogens with one attached hydrogen (secondary N) is 1. The molecule has 0 amide bonds. The topological polar surface area (TPSA) is 55.2 Å². The van der Waals surface area contributed by atoms with Gasteiger partial charge in [0.1, 0.15) is 0 Å². The molecule has 1 aromatic carbocycles. The minimum Gasteiger partial charge on any atom is -0.385 e. The van der Waals surface area contributed by atoms with Gasteiger partial charge in [0.2, 0.25) is 0 Å². The molecule has 0 spiro atoms. The Kier molecular flexibility index (Phi) is 4.18. The van der Waals surface area contributed by atoms with Gasteiger partial charge in [-0.3, -0.25) is 10.1 Å². The maximum absolute atomic E-state index is 10.7. The van der Waals surface area contributed by atoms with Gasteiger partial charge < -0.3 is 5.32 Å². The first-order chi connectivity index (χ1) is 8.65. The summed E-state index contributed by atoms with van der Waals surface area (Å²) in [6.45, 7) is 3.23. The summed E-state index contributed by atoms with van der Waals surface area (Å²) in [5, 5.41) is 14.0. The maximum Gasteiger partial charge on any atom is 0.271 e. The third-order valence-corrected chi connectivity index (χ3v) is 3.70. The van der Waals surface area contributed by atoms with Gasteiger partial charge in [-0.15, -0.1) is 0 Å². The minimum atomic E-state index is -0.353. The Hall–Kier alpha value is -1.58. The van der Waals surface area contributed by atoms with Gasteiger partial charge in [-0.05, 0) is 30.7 Å². The predicted octanol–water partition coefficient (Wildman–Crippen LogP) is 3.83. The van der Waals surface area contributed by atoms with Crippen molar-refractivity contribution in [1.29, 1.82) is 0 Å². The van der Waals surface area contributed by atoms with Crippen LogP contribution in [0.2, 0.25) is 0 Å². The smallest absolute Gasteiger partial charge is 0.271 e. The highest BCUT2D eigenvalue weighted by molar-refractivity contribution is 5.50. The van der Waals surface area contributed by atoms with Crippen LogP contribution in [0.5, 0.6) is 0 Å². The molecule has 4 heteroatoms. The fourth-order valence-electron chi connectivity index (χ4n) is 2.74. The van der Waals surface area contributed by atoms with Gasteiger partial charge >= 0.3 is 0 Å². The quantitative estimate of drug-likeness (QED) is 0.650. The molecule has 1 aliphatic rings. The largest absolute Gasteiger partial charge is 0.385 e. The van der Waals surface area contributed by atoms with Crippen LogP contribution in [0.4, 0.5) is 11.4 Å². The summed E-state index contributed by atoms with van der Waals surface area (Å²) in [6.07, 6.45) is 5.18. The maximum atomic E-state index is 10.7. The zero-order valence-corrected chi connectivity index (χ0v) is 10.8. The molecule has 1 fully saturated rings. The highest BCUT2D eigenvalue weighted by atomic mass is 16.6. The van der Waals surface area contributed by atoms with Gasteiger partial charge in [-0.2, -0.15) is 0 Å². The third kappa shape index (κ3) is 3.45. The van der Waals surface area contributed by atoms with E-state index in [2.05, 4.69) is 12.2 Å². The standard InChI is InChI=1S/C14H20N2O2/c1-11-4-2-5-12(8-11)10-15-13-6-3-7-14(9-13)16(17)18/h3,6-7,9,11-12,15H,2,4-5,8,10H2,1H3. The van der Waals surface area contributed by atoms with E-state index in [1.165, 1.54) is 31.7 Å². The van der Waals surface area contributed by atoms with E-state index in [0.717, 1.165) is 18.2 Å². The summed E-state index contributed by atoms with van der Waals surface area (Å²) in [5.41, 5.74) is 0.999. The van der Waals surface area contributed by atoms with Crippen molar-refractivity contribution in [2.24, 2.45) is 11.8 Å². The van der Waals surface area contributed by atoms with Gasteiger partial charge in [0, 0.05) is 24.4 Å². The molecular formula is C14H20N2O2. The Morgan fingerprint density at radius 1 is 1.44 bits per heavy atom. The molecule has 0 aliphatic heterocycles. The number of nitro groups is 1. The van der Waals surface area contributed by atoms with E-state index in [-0.39, 0.29) is 10.6 Å². The molecule has 0 aromatic heterocycles. The van der Waals surface area contributed by atoms with Gasteiger partial charge in [0.05, 0.1) is 4.92 Å². The SMILES string of the molecule is CC1CCCC(CNc2cccc([N+](=O)[O-])c2)C1. The van der Waals surface area contributed by atoms with Crippen molar-refractivity contribution in [3.8, 4) is 0 Å². The van der Waals surface area contributed by atoms with Crippen LogP contribution in [-0.4, -0.2) is 11.5 Å². The van der Waals surface area contributed by atoms with Crippen molar-refractivity contribution in [3.05, 3.63) is 34.4 Å². The molecule has 0 saturated heterocycles. The van der Waals surface area contributed by atoms with Crippen LogP contribution < -0.4 is 5.32 Å². The molecular weight excluding hydrogens is 228 g/mol. The highest BCUT2D eigenvalue weighted by Crippen LogP contribution is 2.29. The molecule has 1 aliphatic carbocycles. The first-order valence-corrected chi connectivity index (χ1v) is 6.63. The van der Waals surface area contributed by atoms with E-state index in [9.17, 15) is 10.1 Å². The molecule has 0 bridgehead atoms. The summed E-state index contributed by atoms with van der Waals surface area (Å²) in [5.74, 6) is 1.52. The lowest BCUT2D eigenvalue weighted by atomic mass is 9.82. The van der Waals surface area contributed by atoms with Crippen molar-refractivity contribution in [3.63, 3.8) is 0 Å². The van der Waals surface area contributed by atoms with Crippen LogP contribution in [0.15, 0.2) is 24.3 Å². The molecule has 2 unspecified atom stereocenters. The number of nitrogens with zero attached hydrogens (tertiary/aromatic N) is 1. The Labute approximate surface area is 108 Å². The molecule has 1 saturated carbocycles. The Morgan fingerprint density at radius 2 is 2.28 bits per heavy atom. The lowest BCUT2D eigenvalue weighted by molar-refractivity contribution is -0.384. The summed E-state index contributed by atoms with van der Waals surface area (Å²) in [7, 11) is 0. The number of hydrogen-bond acceptors (Lipinski definition) is 3. The zero-order valence-electron chi connectivity index (χ0n) is 10.8. The van der Waals surface area contributed by atoms with Crippen molar-refractivity contribution < 1.29 is 4.92 Å². The molecule has 2 rings (SSSR count). The number of nitro benzene ring substituents is 1. The van der Waals surface area contributed by atoms with Crippen LogP contribution >= 0.6 is 0 Å². The molecule has 4 nitrogen and oxygen atoms in total. The van der Waals surface area contributed by atoms with Crippen LogP contribution in [0.3, 0.4) is 0 Å². The normalized spacial score (nSPS) is 23.6. The van der Waals surface area contributed by atoms with E-state index < -0.39 is 0 Å². The van der Waals surface area contributed by atoms with Crippen molar-refractivity contribution >= 4 is 11.4 Å². The summed E-state index contributed by atoms with van der Waals surface area (Å²) < 4.78 is 0. The molecule has 2 atom stereocenters. The summed E-state index contributed by atoms with van der Waals surface area (Å²) in [6, 6.07) is 6.74. The monoisotopic (exact) mass is 248 g/mol. The number of rotatable bonds is 4. The molecule has 1 N–H and O–H groups in total. The minimum absolute atomic E-state index is 0.150. The lowest BCUT2D eigenvalue weighted by Crippen LogP contribution is -2.20. The number of anilines is 1. The van der Waals surface area contributed by atoms with E-state index >= 15 is 0 Å². The average Bonchev–Trinajstić information content (AvgIpc) is 2.37. The van der Waals surface area contributed by atoms with Gasteiger partial charge in [-0.25, -0.2) is 0 Å². The number of hydrogen-bond donors (Lipinski definition) is 1. The van der Waals surface area contributed by atoms with Crippen molar-refractivity contribution in [1.82, 2.24) is 0 Å². The predicted molar refractivity (Wildman–Crippen MR) is 72.7 cm³/mol. The Bertz CT molecular complexity index is 420. The van der Waals surface area contributed by atoms with E-state index in [1.54, 1.807) is 12.1 Å². The van der Waals surface area contributed by atoms with Crippen LogP contribution in [0, 0.1) is 22.0 Å². The van der Waals surface area contributed by atoms with E-state index in [1.807, 2.05) is 6.07 Å². The molecule has 98 valence electrons. The lowest BCUT2D eigenvalue weighted by Gasteiger charge is -2.27. The molecule has 18 heavy (non-hydrogen) atoms. The Morgan fingerprint density at radius 3 is 3.00 bits per heavy atom. The number of benzene rings is 1. The average molecular weight is 248 g/mol. The Balaban J connectivity index is 1.89. The number of non-ortho nitro benzene ring substituents is 1. The second kappa shape index (κ2) is 5.85. The third-order valence-electron chi connectivity index (χ3n) is 3.70. The molecule has 0 radical (unpaired) electrons. The fraction of sp³-hybridized carbons (Fsp3) is 0.571. The second-order valence-electron chi connectivity index (χ2n) is 5.33. The van der Waals surface area contributed by atoms with E-state index in [0.29, 0.717) is 5.92 Å². The first-order valence-electron chi connectivity index (χ1n) is 6.63. The van der Waals surface area contributed by atoms with Gasteiger partial charge in [0.25, 0.3) is 5.69 Å². The first kappa shape index (κ1) is 12.9. The van der Waals surface area contributed by atoms with Crippen molar-refractivity contribution in [2.45, 2.75) is 32.6 Å². The second-order valence-corrected chi connectivity index (χ2v) is 5.33. The highest BCUT2D eigenvalue weighted by Gasteiger charge is 2.18. The van der Waals surface area contributed by atoms with Crippen molar-refractivity contribution in [2.75, 3.05) is 11.9 Å². The zero-order chi connectivity index (χ0) is 13.0. The van der Waals surface area contributed by atoms with Crippen LogP contribution in [0.25, 0.3) is 0 Å². The fourth-order valence-corrected chi connectivity index (χ4v) is 2.74.